The van der Waals surface area contributed by atoms with E-state index in [1.807, 2.05) is 19.9 Å². The Labute approximate surface area is 211 Å². The van der Waals surface area contributed by atoms with Gasteiger partial charge < -0.3 is 10.6 Å². The van der Waals surface area contributed by atoms with Crippen molar-refractivity contribution in [3.8, 4) is 5.69 Å². The molecular formula is C27H27F3N6O. The Morgan fingerprint density at radius 1 is 1.11 bits per heavy atom. The minimum atomic E-state index is -4.33. The monoisotopic (exact) mass is 508 g/mol. The van der Waals surface area contributed by atoms with Gasteiger partial charge in [-0.25, -0.2) is 14.3 Å². The van der Waals surface area contributed by atoms with Gasteiger partial charge in [-0.1, -0.05) is 18.2 Å². The fraction of sp³-hybridized carbons (Fsp3) is 0.370. The van der Waals surface area contributed by atoms with Crippen molar-refractivity contribution in [3.05, 3.63) is 75.7 Å². The largest absolute Gasteiger partial charge is 0.398 e. The minimum absolute atomic E-state index is 0.0659. The number of benzene rings is 2. The van der Waals surface area contributed by atoms with Crippen molar-refractivity contribution >= 4 is 22.7 Å². The van der Waals surface area contributed by atoms with Crippen LogP contribution in [-0.2, 0) is 18.4 Å². The smallest absolute Gasteiger partial charge is 0.324 e. The standard InChI is InChI=1S/C27H27F3N6O/c1-16(2)35-24(37)22-15-32-25(33-20-7-6-18-14-31-11-8-17(18)12-20)34-23(22)36(35)21-5-3-4-19(13-21)26(9-10-26)27(28,29)30/h3-7,12-13,15-16,31H,8-11,14H2,1-2H3,(H,32,33,34). The number of anilines is 2. The summed E-state index contributed by atoms with van der Waals surface area (Å²) < 4.78 is 44.7. The minimum Gasteiger partial charge on any atom is -0.324 e. The molecule has 0 bridgehead atoms. The molecule has 2 aliphatic rings. The Morgan fingerprint density at radius 2 is 1.92 bits per heavy atom. The summed E-state index contributed by atoms with van der Waals surface area (Å²) >= 11 is 0. The fourth-order valence-electron chi connectivity index (χ4n) is 5.25. The zero-order valence-electron chi connectivity index (χ0n) is 20.6. The van der Waals surface area contributed by atoms with E-state index in [9.17, 15) is 18.0 Å². The SMILES string of the molecule is CC(C)n1c(=O)c2cnc(Nc3ccc4c(c3)CCNC4)nc2n1-c1cccc(C2(C(F)(F)F)CC2)c1. The molecule has 10 heteroatoms. The van der Waals surface area contributed by atoms with E-state index in [2.05, 4.69) is 32.7 Å². The molecule has 2 N–H and O–H groups in total. The zero-order chi connectivity index (χ0) is 25.9. The number of halogens is 3. The molecule has 6 rings (SSSR count). The molecule has 2 aromatic heterocycles. The second kappa shape index (κ2) is 8.44. The third kappa shape index (κ3) is 3.90. The summed E-state index contributed by atoms with van der Waals surface area (Å²) in [5, 5.41) is 6.89. The molecule has 3 heterocycles. The van der Waals surface area contributed by atoms with Crippen LogP contribution in [0.25, 0.3) is 16.7 Å². The summed E-state index contributed by atoms with van der Waals surface area (Å²) in [4.78, 5) is 22.3. The van der Waals surface area contributed by atoms with E-state index in [4.69, 9.17) is 0 Å². The van der Waals surface area contributed by atoms with Crippen molar-refractivity contribution in [1.82, 2.24) is 24.6 Å². The van der Waals surface area contributed by atoms with Crippen molar-refractivity contribution < 1.29 is 13.2 Å². The quantitative estimate of drug-likeness (QED) is 0.390. The van der Waals surface area contributed by atoms with Crippen LogP contribution in [0.1, 0.15) is 49.4 Å². The number of rotatable bonds is 5. The van der Waals surface area contributed by atoms with Gasteiger partial charge in [0.25, 0.3) is 5.56 Å². The molecule has 2 aromatic carbocycles. The van der Waals surface area contributed by atoms with Gasteiger partial charge in [-0.3, -0.25) is 4.79 Å². The van der Waals surface area contributed by atoms with E-state index >= 15 is 0 Å². The van der Waals surface area contributed by atoms with Gasteiger partial charge >= 0.3 is 6.18 Å². The first-order valence-corrected chi connectivity index (χ1v) is 12.5. The van der Waals surface area contributed by atoms with Crippen LogP contribution in [0.2, 0.25) is 0 Å². The van der Waals surface area contributed by atoms with Crippen LogP contribution in [0.15, 0.2) is 53.5 Å². The van der Waals surface area contributed by atoms with E-state index < -0.39 is 11.6 Å². The highest BCUT2D eigenvalue weighted by molar-refractivity contribution is 5.77. The topological polar surface area (TPSA) is 76.8 Å². The average Bonchev–Trinajstić information content (AvgIpc) is 3.64. The molecule has 1 saturated carbocycles. The van der Waals surface area contributed by atoms with Crippen molar-refractivity contribution in [1.29, 1.82) is 0 Å². The molecule has 1 fully saturated rings. The van der Waals surface area contributed by atoms with Crippen LogP contribution in [-0.4, -0.2) is 32.1 Å². The van der Waals surface area contributed by atoms with Gasteiger partial charge in [0, 0.05) is 24.5 Å². The maximum Gasteiger partial charge on any atom is 0.398 e. The average molecular weight is 509 g/mol. The highest BCUT2D eigenvalue weighted by atomic mass is 19.4. The van der Waals surface area contributed by atoms with Gasteiger partial charge in [-0.2, -0.15) is 18.2 Å². The third-order valence-corrected chi connectivity index (χ3v) is 7.40. The number of nitrogens with one attached hydrogen (secondary N) is 2. The zero-order valence-corrected chi connectivity index (χ0v) is 20.6. The van der Waals surface area contributed by atoms with Crippen molar-refractivity contribution in [2.45, 2.75) is 57.3 Å². The summed E-state index contributed by atoms with van der Waals surface area (Å²) in [6, 6.07) is 12.2. The van der Waals surface area contributed by atoms with E-state index in [0.29, 0.717) is 22.7 Å². The van der Waals surface area contributed by atoms with E-state index in [-0.39, 0.29) is 30.0 Å². The Balaban J connectivity index is 1.46. The summed E-state index contributed by atoms with van der Waals surface area (Å²) in [5.41, 5.74) is 2.23. The maximum absolute atomic E-state index is 13.9. The lowest BCUT2D eigenvalue weighted by Gasteiger charge is -2.21. The summed E-state index contributed by atoms with van der Waals surface area (Å²) in [6.07, 6.45) is -1.79. The Kier molecular flexibility index (Phi) is 5.41. The first-order valence-electron chi connectivity index (χ1n) is 12.5. The Morgan fingerprint density at radius 3 is 2.65 bits per heavy atom. The van der Waals surface area contributed by atoms with Crippen molar-refractivity contribution in [2.24, 2.45) is 0 Å². The van der Waals surface area contributed by atoms with E-state index in [1.165, 1.54) is 34.1 Å². The second-order valence-corrected chi connectivity index (χ2v) is 10.2. The van der Waals surface area contributed by atoms with Crippen LogP contribution < -0.4 is 16.2 Å². The summed E-state index contributed by atoms with van der Waals surface area (Å²) in [5.74, 6) is 0.307. The lowest BCUT2D eigenvalue weighted by Crippen LogP contribution is -2.29. The molecule has 37 heavy (non-hydrogen) atoms. The summed E-state index contributed by atoms with van der Waals surface area (Å²) in [6.45, 7) is 5.46. The molecule has 1 aliphatic heterocycles. The van der Waals surface area contributed by atoms with Crippen LogP contribution in [0.4, 0.5) is 24.8 Å². The van der Waals surface area contributed by atoms with Crippen LogP contribution >= 0.6 is 0 Å². The van der Waals surface area contributed by atoms with Gasteiger partial charge in [0.2, 0.25) is 5.95 Å². The molecule has 0 spiro atoms. The van der Waals surface area contributed by atoms with Crippen LogP contribution in [0, 0.1) is 0 Å². The van der Waals surface area contributed by atoms with E-state index in [1.54, 1.807) is 16.8 Å². The van der Waals surface area contributed by atoms with Crippen LogP contribution in [0.3, 0.4) is 0 Å². The van der Waals surface area contributed by atoms with Gasteiger partial charge in [-0.15, -0.1) is 0 Å². The molecular weight excluding hydrogens is 481 g/mol. The molecule has 0 atom stereocenters. The summed E-state index contributed by atoms with van der Waals surface area (Å²) in [7, 11) is 0. The number of fused-ring (bicyclic) bond motifs is 2. The van der Waals surface area contributed by atoms with Gasteiger partial charge in [0.1, 0.15) is 5.39 Å². The van der Waals surface area contributed by atoms with Gasteiger partial charge in [0.05, 0.1) is 11.1 Å². The molecule has 0 unspecified atom stereocenters. The lowest BCUT2D eigenvalue weighted by molar-refractivity contribution is -0.160. The van der Waals surface area contributed by atoms with Gasteiger partial charge in [-0.05, 0) is 80.6 Å². The van der Waals surface area contributed by atoms with Gasteiger partial charge in [0.15, 0.2) is 5.65 Å². The van der Waals surface area contributed by atoms with Crippen molar-refractivity contribution in [2.75, 3.05) is 11.9 Å². The molecule has 192 valence electrons. The fourth-order valence-corrected chi connectivity index (χ4v) is 5.25. The molecule has 7 nitrogen and oxygen atoms in total. The number of aromatic nitrogens is 4. The number of nitrogens with zero attached hydrogens (tertiary/aromatic N) is 4. The molecule has 0 saturated heterocycles. The second-order valence-electron chi connectivity index (χ2n) is 10.2. The molecule has 0 radical (unpaired) electrons. The third-order valence-electron chi connectivity index (χ3n) is 7.40. The highest BCUT2D eigenvalue weighted by Gasteiger charge is 2.64. The highest BCUT2D eigenvalue weighted by Crippen LogP contribution is 2.59. The van der Waals surface area contributed by atoms with E-state index in [0.717, 1.165) is 25.2 Å². The van der Waals surface area contributed by atoms with Crippen molar-refractivity contribution in [3.63, 3.8) is 0 Å². The van der Waals surface area contributed by atoms with Crippen LogP contribution in [0.5, 0.6) is 0 Å². The number of alkyl halides is 3. The Bertz CT molecular complexity index is 1560. The number of hydrogen-bond acceptors (Lipinski definition) is 5. The molecule has 1 aliphatic carbocycles. The first-order chi connectivity index (χ1) is 17.7. The maximum atomic E-state index is 13.9. The Hall–Kier alpha value is -3.66. The molecule has 0 amide bonds. The predicted octanol–water partition coefficient (Wildman–Crippen LogP) is 5.15. The lowest BCUT2D eigenvalue weighted by atomic mass is 9.95. The normalized spacial score (nSPS) is 16.7. The first kappa shape index (κ1) is 23.7. The number of hydrogen-bond donors (Lipinski definition) is 2. The molecule has 4 aromatic rings. The predicted molar refractivity (Wildman–Crippen MR) is 136 cm³/mol.